The van der Waals surface area contributed by atoms with Gasteiger partial charge in [-0.3, -0.25) is 4.79 Å². The van der Waals surface area contributed by atoms with Crippen LogP contribution in [0.4, 0.5) is 0 Å². The maximum atomic E-state index is 12.5. The number of carbonyl (C=O) groups is 1. The van der Waals surface area contributed by atoms with Gasteiger partial charge in [0.2, 0.25) is 5.91 Å². The van der Waals surface area contributed by atoms with Crippen LogP contribution in [0.3, 0.4) is 0 Å². The van der Waals surface area contributed by atoms with Crippen molar-refractivity contribution in [2.45, 2.75) is 12.2 Å². The van der Waals surface area contributed by atoms with E-state index in [1.54, 1.807) is 11.8 Å². The Bertz CT molecular complexity index is 542. The molecule has 0 radical (unpaired) electrons. The molecule has 0 aliphatic carbocycles. The summed E-state index contributed by atoms with van der Waals surface area (Å²) in [5.41, 5.74) is 1.06. The van der Waals surface area contributed by atoms with E-state index in [-0.39, 0.29) is 18.4 Å². The number of benzene rings is 1. The molecule has 0 bridgehead atoms. The number of rotatable bonds is 7. The van der Waals surface area contributed by atoms with Gasteiger partial charge in [-0.05, 0) is 44.0 Å². The van der Waals surface area contributed by atoms with Crippen LogP contribution >= 0.6 is 23.4 Å². The molecule has 1 N–H and O–H groups in total. The van der Waals surface area contributed by atoms with Gasteiger partial charge in [0.25, 0.3) is 0 Å². The maximum absolute atomic E-state index is 12.5. The van der Waals surface area contributed by atoms with Crippen LogP contribution in [0, 0.1) is 11.8 Å². The Kier molecular flexibility index (Phi) is 7.88. The number of halogens is 1. The fourth-order valence-electron chi connectivity index (χ4n) is 3.26. The third-order valence-electron chi connectivity index (χ3n) is 4.30. The number of nitrogens with zero attached hydrogens (tertiary/aromatic N) is 2. The number of hydrogen-bond donors (Lipinski definition) is 1. The molecule has 24 heavy (non-hydrogen) atoms. The first-order chi connectivity index (χ1) is 11.5. The highest BCUT2D eigenvalue weighted by Gasteiger charge is 2.29. The Morgan fingerprint density at radius 1 is 1.33 bits per heavy atom. The third-order valence-corrected chi connectivity index (χ3v) is 5.63. The number of piperidine rings is 1. The summed E-state index contributed by atoms with van der Waals surface area (Å²) in [5, 5.41) is 10.3. The molecule has 0 unspecified atom stereocenters. The first-order valence-corrected chi connectivity index (χ1v) is 9.87. The molecule has 1 aromatic carbocycles. The predicted octanol–water partition coefficient (Wildman–Crippen LogP) is 2.59. The molecule has 1 saturated heterocycles. The minimum atomic E-state index is 0.153. The summed E-state index contributed by atoms with van der Waals surface area (Å²) in [6.45, 7) is 2.57. The number of amides is 1. The van der Waals surface area contributed by atoms with E-state index < -0.39 is 0 Å². The van der Waals surface area contributed by atoms with E-state index in [0.29, 0.717) is 18.2 Å². The molecular formula is C18H27ClN2O2S. The number of aliphatic hydroxyl groups is 1. The summed E-state index contributed by atoms with van der Waals surface area (Å²) in [4.78, 5) is 16.6. The van der Waals surface area contributed by atoms with Crippen molar-refractivity contribution in [3.8, 4) is 0 Å². The van der Waals surface area contributed by atoms with Gasteiger partial charge in [-0.1, -0.05) is 29.8 Å². The second-order valence-electron chi connectivity index (χ2n) is 6.80. The zero-order valence-corrected chi connectivity index (χ0v) is 16.0. The summed E-state index contributed by atoms with van der Waals surface area (Å²) in [6.07, 6.45) is 0.991. The largest absolute Gasteiger partial charge is 0.396 e. The van der Waals surface area contributed by atoms with Crippen molar-refractivity contribution in [3.63, 3.8) is 0 Å². The predicted molar refractivity (Wildman–Crippen MR) is 101 cm³/mol. The zero-order chi connectivity index (χ0) is 17.5. The van der Waals surface area contributed by atoms with Crippen molar-refractivity contribution in [2.75, 3.05) is 46.1 Å². The number of thioether (sulfide) groups is 1. The minimum Gasteiger partial charge on any atom is -0.396 e. The van der Waals surface area contributed by atoms with E-state index >= 15 is 0 Å². The smallest absolute Gasteiger partial charge is 0.232 e. The SMILES string of the molecule is CN(C)C[C@H]1C[C@@H](CO)CN(C(=O)CSCc2ccccc2Cl)C1. The Labute approximate surface area is 154 Å². The van der Waals surface area contributed by atoms with Gasteiger partial charge in [0.15, 0.2) is 0 Å². The molecule has 1 heterocycles. The van der Waals surface area contributed by atoms with Crippen molar-refractivity contribution >= 4 is 29.3 Å². The third kappa shape index (κ3) is 5.96. The van der Waals surface area contributed by atoms with E-state index in [2.05, 4.69) is 4.90 Å². The monoisotopic (exact) mass is 370 g/mol. The number of aliphatic hydroxyl groups excluding tert-OH is 1. The van der Waals surface area contributed by atoms with Crippen LogP contribution in [0.5, 0.6) is 0 Å². The van der Waals surface area contributed by atoms with E-state index in [4.69, 9.17) is 11.6 Å². The van der Waals surface area contributed by atoms with Gasteiger partial charge >= 0.3 is 0 Å². The normalized spacial score (nSPS) is 21.3. The highest BCUT2D eigenvalue weighted by Crippen LogP contribution is 2.24. The molecule has 6 heteroatoms. The lowest BCUT2D eigenvalue weighted by atomic mass is 9.89. The second kappa shape index (κ2) is 9.66. The van der Waals surface area contributed by atoms with Gasteiger partial charge in [-0.2, -0.15) is 0 Å². The van der Waals surface area contributed by atoms with Crippen molar-refractivity contribution < 1.29 is 9.90 Å². The highest BCUT2D eigenvalue weighted by atomic mass is 35.5. The molecule has 1 fully saturated rings. The van der Waals surface area contributed by atoms with Crippen LogP contribution in [-0.4, -0.2) is 66.9 Å². The molecule has 4 nitrogen and oxygen atoms in total. The molecule has 2 rings (SSSR count). The Hall–Kier alpha value is -0.750. The topological polar surface area (TPSA) is 43.8 Å². The lowest BCUT2D eigenvalue weighted by molar-refractivity contribution is -0.131. The fourth-order valence-corrected chi connectivity index (χ4v) is 4.47. The zero-order valence-electron chi connectivity index (χ0n) is 14.4. The minimum absolute atomic E-state index is 0.153. The van der Waals surface area contributed by atoms with Crippen molar-refractivity contribution in [2.24, 2.45) is 11.8 Å². The van der Waals surface area contributed by atoms with Crippen molar-refractivity contribution in [1.82, 2.24) is 9.80 Å². The van der Waals surface area contributed by atoms with E-state index in [0.717, 1.165) is 35.8 Å². The Balaban J connectivity index is 1.84. The molecule has 1 amide bonds. The Morgan fingerprint density at radius 2 is 2.04 bits per heavy atom. The lowest BCUT2D eigenvalue weighted by Gasteiger charge is -2.38. The van der Waals surface area contributed by atoms with Crippen LogP contribution in [0.1, 0.15) is 12.0 Å². The summed E-state index contributed by atoms with van der Waals surface area (Å²) in [5.74, 6) is 1.99. The summed E-state index contributed by atoms with van der Waals surface area (Å²) >= 11 is 7.75. The lowest BCUT2D eigenvalue weighted by Crippen LogP contribution is -2.47. The van der Waals surface area contributed by atoms with Crippen LogP contribution < -0.4 is 0 Å². The average molecular weight is 371 g/mol. The molecule has 134 valence electrons. The van der Waals surface area contributed by atoms with E-state index in [9.17, 15) is 9.90 Å². The fraction of sp³-hybridized carbons (Fsp3) is 0.611. The van der Waals surface area contributed by atoms with Gasteiger partial charge < -0.3 is 14.9 Å². The summed E-state index contributed by atoms with van der Waals surface area (Å²) in [6, 6.07) is 7.75. The molecular weight excluding hydrogens is 344 g/mol. The summed E-state index contributed by atoms with van der Waals surface area (Å²) < 4.78 is 0. The van der Waals surface area contributed by atoms with E-state index in [1.165, 1.54) is 0 Å². The van der Waals surface area contributed by atoms with Crippen LogP contribution in [0.15, 0.2) is 24.3 Å². The number of carbonyl (C=O) groups excluding carboxylic acids is 1. The molecule has 0 aromatic heterocycles. The summed E-state index contributed by atoms with van der Waals surface area (Å²) in [7, 11) is 4.10. The van der Waals surface area contributed by atoms with Crippen molar-refractivity contribution in [1.29, 1.82) is 0 Å². The number of hydrogen-bond acceptors (Lipinski definition) is 4. The van der Waals surface area contributed by atoms with Crippen molar-refractivity contribution in [3.05, 3.63) is 34.9 Å². The van der Waals surface area contributed by atoms with Gasteiger partial charge in [0.05, 0.1) is 5.75 Å². The first kappa shape index (κ1) is 19.6. The second-order valence-corrected chi connectivity index (χ2v) is 8.19. The van der Waals surface area contributed by atoms with Gasteiger partial charge in [-0.15, -0.1) is 11.8 Å². The number of likely N-dealkylation sites (tertiary alicyclic amines) is 1. The highest BCUT2D eigenvalue weighted by molar-refractivity contribution is 7.99. The molecule has 1 aliphatic heterocycles. The Morgan fingerprint density at radius 3 is 2.71 bits per heavy atom. The first-order valence-electron chi connectivity index (χ1n) is 8.34. The molecule has 1 aromatic rings. The van der Waals surface area contributed by atoms with Gasteiger partial charge in [0.1, 0.15) is 0 Å². The molecule has 2 atom stereocenters. The molecule has 0 saturated carbocycles. The van der Waals surface area contributed by atoms with Crippen LogP contribution in [0.25, 0.3) is 0 Å². The molecule has 0 spiro atoms. The maximum Gasteiger partial charge on any atom is 0.232 e. The van der Waals surface area contributed by atoms with Gasteiger partial charge in [-0.25, -0.2) is 0 Å². The molecule has 1 aliphatic rings. The van der Waals surface area contributed by atoms with Gasteiger partial charge in [0, 0.05) is 37.0 Å². The van der Waals surface area contributed by atoms with Crippen LogP contribution in [-0.2, 0) is 10.5 Å². The quantitative estimate of drug-likeness (QED) is 0.801. The standard InChI is InChI=1S/C18H27ClN2O2S/c1-20(2)8-14-7-15(11-22)10-21(9-14)18(23)13-24-12-16-5-3-4-6-17(16)19/h3-6,14-15,22H,7-13H2,1-2H3/t14-,15-/m1/s1. The average Bonchev–Trinajstić information content (AvgIpc) is 2.55. The van der Waals surface area contributed by atoms with E-state index in [1.807, 2.05) is 43.3 Å². The van der Waals surface area contributed by atoms with Crippen LogP contribution in [0.2, 0.25) is 5.02 Å².